The number of rotatable bonds is 6. The van der Waals surface area contributed by atoms with Crippen LogP contribution in [0.1, 0.15) is 27.2 Å². The molecule has 0 aromatic carbocycles. The molecule has 4 N–H and O–H groups in total. The van der Waals surface area contributed by atoms with Crippen LogP contribution in [0.2, 0.25) is 0 Å². The number of urea groups is 1. The number of carboxylic acids is 1. The molecule has 0 radical (unpaired) electrons. The molecule has 7 heteroatoms. The highest BCUT2D eigenvalue weighted by Gasteiger charge is 2.49. The van der Waals surface area contributed by atoms with E-state index in [1.807, 2.05) is 20.8 Å². The third-order valence-corrected chi connectivity index (χ3v) is 3.59. The Labute approximate surface area is 112 Å². The topological polar surface area (TPSA) is 108 Å². The largest absolute Gasteiger partial charge is 0.479 e. The van der Waals surface area contributed by atoms with Crippen LogP contribution in [-0.4, -0.2) is 53.6 Å². The third-order valence-electron chi connectivity index (χ3n) is 3.59. The van der Waals surface area contributed by atoms with Gasteiger partial charge in [0.15, 0.2) is 6.10 Å². The van der Waals surface area contributed by atoms with Gasteiger partial charge < -0.3 is 25.6 Å². The lowest BCUT2D eigenvalue weighted by Gasteiger charge is -2.51. The fraction of sp³-hybridized carbons (Fsp3) is 0.833. The molecule has 1 rings (SSSR count). The van der Waals surface area contributed by atoms with Crippen LogP contribution in [0.3, 0.4) is 0 Å². The van der Waals surface area contributed by atoms with Crippen LogP contribution in [0.25, 0.3) is 0 Å². The molecule has 110 valence electrons. The molecule has 0 aliphatic heterocycles. The van der Waals surface area contributed by atoms with Crippen molar-refractivity contribution < 1.29 is 24.5 Å². The van der Waals surface area contributed by atoms with Gasteiger partial charge in [-0.15, -0.1) is 0 Å². The zero-order chi connectivity index (χ0) is 14.6. The summed E-state index contributed by atoms with van der Waals surface area (Å²) >= 11 is 0. The number of carbonyl (C=O) groups excluding carboxylic acids is 1. The van der Waals surface area contributed by atoms with Gasteiger partial charge in [0, 0.05) is 18.1 Å². The predicted molar refractivity (Wildman–Crippen MR) is 67.8 cm³/mol. The van der Waals surface area contributed by atoms with E-state index in [9.17, 15) is 9.59 Å². The third kappa shape index (κ3) is 3.81. The number of aliphatic hydroxyl groups excluding tert-OH is 1. The van der Waals surface area contributed by atoms with E-state index in [-0.39, 0.29) is 24.1 Å². The summed E-state index contributed by atoms with van der Waals surface area (Å²) in [6.07, 6.45) is -0.737. The summed E-state index contributed by atoms with van der Waals surface area (Å²) < 4.78 is 5.55. The molecule has 2 amide bonds. The smallest absolute Gasteiger partial charge is 0.334 e. The number of aliphatic hydroxyl groups is 1. The average molecular weight is 274 g/mol. The fourth-order valence-corrected chi connectivity index (χ4v) is 2.10. The first-order valence-electron chi connectivity index (χ1n) is 6.35. The van der Waals surface area contributed by atoms with E-state index in [1.165, 1.54) is 0 Å². The van der Waals surface area contributed by atoms with Gasteiger partial charge in [-0.25, -0.2) is 9.59 Å². The number of aliphatic carboxylic acids is 1. The van der Waals surface area contributed by atoms with Crippen LogP contribution in [0.5, 0.6) is 0 Å². The van der Waals surface area contributed by atoms with Crippen molar-refractivity contribution in [2.24, 2.45) is 5.41 Å². The number of amides is 2. The molecular formula is C12H22N2O5. The minimum atomic E-state index is -1.59. The molecule has 1 fully saturated rings. The highest BCUT2D eigenvalue weighted by molar-refractivity contribution is 5.77. The van der Waals surface area contributed by atoms with E-state index in [0.29, 0.717) is 6.61 Å². The Morgan fingerprint density at radius 1 is 1.47 bits per heavy atom. The number of carbonyl (C=O) groups is 2. The molecule has 2 unspecified atom stereocenters. The molecule has 0 heterocycles. The standard InChI is InChI=1S/C12H22N2O5/c1-4-19-9-5-8(12(9,2)3)14-11(18)13-6-7(15)10(16)17/h7-9,15H,4-6H2,1-3H3,(H,16,17)(H2,13,14,18)/t7-,8?,9?/m0/s1. The lowest BCUT2D eigenvalue weighted by atomic mass is 9.64. The molecule has 1 aliphatic carbocycles. The Morgan fingerprint density at radius 3 is 2.58 bits per heavy atom. The van der Waals surface area contributed by atoms with Crippen LogP contribution in [0.4, 0.5) is 4.79 Å². The first kappa shape index (κ1) is 15.7. The molecule has 0 aromatic heterocycles. The van der Waals surface area contributed by atoms with Crippen molar-refractivity contribution in [3.05, 3.63) is 0 Å². The van der Waals surface area contributed by atoms with Gasteiger partial charge in [-0.3, -0.25) is 0 Å². The van der Waals surface area contributed by atoms with E-state index in [1.54, 1.807) is 0 Å². The summed E-state index contributed by atoms with van der Waals surface area (Å²) in [6, 6.07) is -0.501. The lowest BCUT2D eigenvalue weighted by Crippen LogP contribution is -2.63. The van der Waals surface area contributed by atoms with Gasteiger partial charge in [0.05, 0.1) is 12.6 Å². The van der Waals surface area contributed by atoms with Crippen molar-refractivity contribution in [1.82, 2.24) is 10.6 Å². The molecule has 0 spiro atoms. The Kier molecular flexibility index (Phi) is 5.13. The van der Waals surface area contributed by atoms with E-state index in [4.69, 9.17) is 14.9 Å². The minimum Gasteiger partial charge on any atom is -0.479 e. The van der Waals surface area contributed by atoms with Crippen molar-refractivity contribution in [2.45, 2.75) is 45.4 Å². The second kappa shape index (κ2) is 6.21. The predicted octanol–water partition coefficient (Wildman–Crippen LogP) is -0.0653. The zero-order valence-electron chi connectivity index (χ0n) is 11.5. The van der Waals surface area contributed by atoms with Crippen LogP contribution in [0, 0.1) is 5.41 Å². The molecule has 19 heavy (non-hydrogen) atoms. The van der Waals surface area contributed by atoms with Crippen LogP contribution >= 0.6 is 0 Å². The highest BCUT2D eigenvalue weighted by Crippen LogP contribution is 2.42. The van der Waals surface area contributed by atoms with Gasteiger partial charge in [0.2, 0.25) is 0 Å². The molecule has 1 saturated carbocycles. The van der Waals surface area contributed by atoms with Crippen molar-refractivity contribution in [1.29, 1.82) is 0 Å². The summed E-state index contributed by atoms with van der Waals surface area (Å²) in [5, 5.41) is 22.6. The molecule has 0 saturated heterocycles. The summed E-state index contributed by atoms with van der Waals surface area (Å²) in [5.74, 6) is -1.36. The van der Waals surface area contributed by atoms with Crippen molar-refractivity contribution in [2.75, 3.05) is 13.2 Å². The Morgan fingerprint density at radius 2 is 2.11 bits per heavy atom. The highest BCUT2D eigenvalue weighted by atomic mass is 16.5. The Bertz CT molecular complexity index is 345. The van der Waals surface area contributed by atoms with Gasteiger partial charge in [-0.1, -0.05) is 13.8 Å². The maximum absolute atomic E-state index is 11.6. The fourth-order valence-electron chi connectivity index (χ4n) is 2.10. The summed E-state index contributed by atoms with van der Waals surface area (Å²) in [7, 11) is 0. The van der Waals surface area contributed by atoms with Crippen LogP contribution in [-0.2, 0) is 9.53 Å². The number of hydrogen-bond acceptors (Lipinski definition) is 4. The molecular weight excluding hydrogens is 252 g/mol. The molecule has 1 aliphatic rings. The van der Waals surface area contributed by atoms with E-state index in [2.05, 4.69) is 10.6 Å². The van der Waals surface area contributed by atoms with E-state index in [0.717, 1.165) is 6.42 Å². The van der Waals surface area contributed by atoms with Gasteiger partial charge in [-0.2, -0.15) is 0 Å². The molecule has 7 nitrogen and oxygen atoms in total. The SMILES string of the molecule is CCOC1CC(NC(=O)NC[C@H](O)C(=O)O)C1(C)C. The Hall–Kier alpha value is -1.34. The number of ether oxygens (including phenoxy) is 1. The monoisotopic (exact) mass is 274 g/mol. The number of nitrogens with one attached hydrogen (secondary N) is 2. The number of carboxylic acid groups (broad SMARTS) is 1. The first-order chi connectivity index (χ1) is 8.78. The van der Waals surface area contributed by atoms with Gasteiger partial charge in [0.1, 0.15) is 0 Å². The van der Waals surface area contributed by atoms with Crippen LogP contribution < -0.4 is 10.6 Å². The first-order valence-corrected chi connectivity index (χ1v) is 6.35. The second-order valence-corrected chi connectivity index (χ2v) is 5.26. The lowest BCUT2D eigenvalue weighted by molar-refractivity contribution is -0.146. The maximum atomic E-state index is 11.6. The summed E-state index contributed by atoms with van der Waals surface area (Å²) in [5.41, 5.74) is -0.154. The van der Waals surface area contributed by atoms with E-state index < -0.39 is 18.1 Å². The molecule has 3 atom stereocenters. The van der Waals surface area contributed by atoms with E-state index >= 15 is 0 Å². The zero-order valence-corrected chi connectivity index (χ0v) is 11.5. The number of hydrogen-bond donors (Lipinski definition) is 4. The van der Waals surface area contributed by atoms with Gasteiger partial charge in [0.25, 0.3) is 0 Å². The maximum Gasteiger partial charge on any atom is 0.334 e. The minimum absolute atomic E-state index is 0.0222. The average Bonchev–Trinajstić information content (AvgIpc) is 2.34. The van der Waals surface area contributed by atoms with Crippen molar-refractivity contribution >= 4 is 12.0 Å². The van der Waals surface area contributed by atoms with Crippen LogP contribution in [0.15, 0.2) is 0 Å². The van der Waals surface area contributed by atoms with Gasteiger partial charge in [-0.05, 0) is 13.3 Å². The van der Waals surface area contributed by atoms with Crippen molar-refractivity contribution in [3.8, 4) is 0 Å². The quantitative estimate of drug-likeness (QED) is 0.542. The summed E-state index contributed by atoms with van der Waals surface area (Å²) in [6.45, 7) is 6.26. The normalized spacial score (nSPS) is 26.1. The molecule has 0 aromatic rings. The van der Waals surface area contributed by atoms with Crippen molar-refractivity contribution in [3.63, 3.8) is 0 Å². The Balaban J connectivity index is 2.33. The summed E-state index contributed by atoms with van der Waals surface area (Å²) in [4.78, 5) is 21.9. The van der Waals surface area contributed by atoms with Gasteiger partial charge >= 0.3 is 12.0 Å². The molecule has 0 bridgehead atoms. The second-order valence-electron chi connectivity index (χ2n) is 5.26.